The lowest BCUT2D eigenvalue weighted by Gasteiger charge is -2.35. The van der Waals surface area contributed by atoms with Crippen LogP contribution in [0.2, 0.25) is 0 Å². The maximum atomic E-state index is 6.28. The Morgan fingerprint density at radius 3 is 2.84 bits per heavy atom. The number of hydrogen-bond donors (Lipinski definition) is 2. The number of imidazole rings is 1. The number of H-pyrrole nitrogens is 1. The summed E-state index contributed by atoms with van der Waals surface area (Å²) in [5, 5.41) is 0.975. The second-order valence-corrected chi connectivity index (χ2v) is 6.17. The highest BCUT2D eigenvalue weighted by atomic mass is 32.1. The minimum absolute atomic E-state index is 0.241. The molecule has 0 amide bonds. The van der Waals surface area contributed by atoms with Crippen LogP contribution < -0.4 is 5.73 Å². The molecule has 3 aromatic rings. The quantitative estimate of drug-likeness (QED) is 0.752. The Labute approximate surface area is 114 Å². The molecule has 4 rings (SSSR count). The normalized spacial score (nSPS) is 17.5. The molecule has 3 N–H and O–H groups in total. The van der Waals surface area contributed by atoms with Crippen LogP contribution in [0.4, 0.5) is 0 Å². The molecule has 4 nitrogen and oxygen atoms in total. The molecule has 0 aliphatic heterocycles. The van der Waals surface area contributed by atoms with E-state index in [-0.39, 0.29) is 5.54 Å². The summed E-state index contributed by atoms with van der Waals surface area (Å²) in [5.41, 5.74) is 8.04. The van der Waals surface area contributed by atoms with Crippen LogP contribution in [0, 0.1) is 0 Å². The molecule has 0 atom stereocenters. The van der Waals surface area contributed by atoms with E-state index in [2.05, 4.69) is 21.0 Å². The van der Waals surface area contributed by atoms with E-state index in [1.807, 2.05) is 24.4 Å². The number of nitrogens with two attached hydrogens (primary N) is 1. The molecule has 1 aliphatic rings. The van der Waals surface area contributed by atoms with E-state index in [4.69, 9.17) is 5.73 Å². The third-order valence-corrected chi connectivity index (χ3v) is 4.89. The van der Waals surface area contributed by atoms with Crippen LogP contribution in [0.1, 0.15) is 25.1 Å². The molecule has 0 radical (unpaired) electrons. The van der Waals surface area contributed by atoms with Gasteiger partial charge in [-0.1, -0.05) is 12.1 Å². The average molecular weight is 270 g/mol. The van der Waals surface area contributed by atoms with Crippen molar-refractivity contribution in [2.45, 2.75) is 24.8 Å². The van der Waals surface area contributed by atoms with Gasteiger partial charge in [-0.3, -0.25) is 0 Å². The first-order valence-electron chi connectivity index (χ1n) is 6.45. The molecule has 0 unspecified atom stereocenters. The Morgan fingerprint density at radius 2 is 2.11 bits per heavy atom. The van der Waals surface area contributed by atoms with Crippen LogP contribution in [-0.2, 0) is 5.54 Å². The van der Waals surface area contributed by atoms with Crippen LogP contribution in [0.25, 0.3) is 20.9 Å². The SMILES string of the molecule is NC1(c2ncc(-c3nc4ccccc4s3)[nH]2)CCC1. The molecule has 1 saturated carbocycles. The van der Waals surface area contributed by atoms with Crippen LogP contribution in [-0.4, -0.2) is 15.0 Å². The van der Waals surface area contributed by atoms with Crippen LogP contribution >= 0.6 is 11.3 Å². The maximum absolute atomic E-state index is 6.28. The molecule has 0 saturated heterocycles. The molecule has 1 aromatic carbocycles. The molecule has 0 spiro atoms. The number of nitrogens with one attached hydrogen (secondary N) is 1. The number of aromatic nitrogens is 3. The highest BCUT2D eigenvalue weighted by molar-refractivity contribution is 7.21. The van der Waals surface area contributed by atoms with Crippen molar-refractivity contribution in [2.24, 2.45) is 5.73 Å². The van der Waals surface area contributed by atoms with Gasteiger partial charge in [0.2, 0.25) is 0 Å². The number of para-hydroxylation sites is 1. The van der Waals surface area contributed by atoms with E-state index in [0.717, 1.165) is 34.9 Å². The van der Waals surface area contributed by atoms with Gasteiger partial charge in [0.05, 0.1) is 27.6 Å². The molecule has 96 valence electrons. The number of benzene rings is 1. The van der Waals surface area contributed by atoms with E-state index >= 15 is 0 Å². The van der Waals surface area contributed by atoms with E-state index in [1.165, 1.54) is 11.1 Å². The van der Waals surface area contributed by atoms with Crippen molar-refractivity contribution in [2.75, 3.05) is 0 Å². The first-order valence-corrected chi connectivity index (χ1v) is 7.27. The van der Waals surface area contributed by atoms with Crippen molar-refractivity contribution in [3.63, 3.8) is 0 Å². The van der Waals surface area contributed by atoms with E-state index in [0.29, 0.717) is 0 Å². The van der Waals surface area contributed by atoms with E-state index in [9.17, 15) is 0 Å². The lowest BCUT2D eigenvalue weighted by molar-refractivity contribution is 0.240. The first-order chi connectivity index (χ1) is 9.24. The predicted octanol–water partition coefficient (Wildman–Crippen LogP) is 3.02. The molecular formula is C14H14N4S. The first kappa shape index (κ1) is 11.1. The number of nitrogens with zero attached hydrogens (tertiary/aromatic N) is 2. The topological polar surface area (TPSA) is 67.6 Å². The largest absolute Gasteiger partial charge is 0.338 e. The molecule has 5 heteroatoms. The molecule has 0 bridgehead atoms. The second kappa shape index (κ2) is 3.88. The monoisotopic (exact) mass is 270 g/mol. The Balaban J connectivity index is 1.75. The molecule has 19 heavy (non-hydrogen) atoms. The lowest BCUT2D eigenvalue weighted by Crippen LogP contribution is -2.44. The van der Waals surface area contributed by atoms with Gasteiger partial charge in [0.15, 0.2) is 0 Å². The van der Waals surface area contributed by atoms with Crippen molar-refractivity contribution in [3.8, 4) is 10.7 Å². The maximum Gasteiger partial charge on any atom is 0.142 e. The van der Waals surface area contributed by atoms with Crippen molar-refractivity contribution >= 4 is 21.6 Å². The minimum atomic E-state index is -0.241. The van der Waals surface area contributed by atoms with Gasteiger partial charge in [-0.25, -0.2) is 9.97 Å². The molecule has 2 aromatic heterocycles. The number of aromatic amines is 1. The summed E-state index contributed by atoms with van der Waals surface area (Å²) in [4.78, 5) is 12.4. The summed E-state index contributed by atoms with van der Waals surface area (Å²) in [6, 6.07) is 8.16. The summed E-state index contributed by atoms with van der Waals surface area (Å²) >= 11 is 1.68. The van der Waals surface area contributed by atoms with Crippen LogP contribution in [0.3, 0.4) is 0 Å². The average Bonchev–Trinajstić information content (AvgIpc) is 3.02. The zero-order chi connectivity index (χ0) is 12.9. The van der Waals surface area contributed by atoms with Gasteiger partial charge in [-0.2, -0.15) is 0 Å². The van der Waals surface area contributed by atoms with Gasteiger partial charge in [0.1, 0.15) is 10.8 Å². The summed E-state index contributed by atoms with van der Waals surface area (Å²) in [6.45, 7) is 0. The van der Waals surface area contributed by atoms with Gasteiger partial charge in [-0.05, 0) is 31.4 Å². The third kappa shape index (κ3) is 1.69. The van der Waals surface area contributed by atoms with Gasteiger partial charge in [0, 0.05) is 0 Å². The summed E-state index contributed by atoms with van der Waals surface area (Å²) < 4.78 is 1.19. The number of rotatable bonds is 2. The van der Waals surface area contributed by atoms with Crippen LogP contribution in [0.15, 0.2) is 30.5 Å². The van der Waals surface area contributed by atoms with Crippen molar-refractivity contribution in [1.29, 1.82) is 0 Å². The molecule has 1 fully saturated rings. The van der Waals surface area contributed by atoms with Crippen LogP contribution in [0.5, 0.6) is 0 Å². The zero-order valence-corrected chi connectivity index (χ0v) is 11.2. The summed E-state index contributed by atoms with van der Waals surface area (Å²) in [6.07, 6.45) is 5.06. The van der Waals surface area contributed by atoms with Gasteiger partial charge < -0.3 is 10.7 Å². The van der Waals surface area contributed by atoms with Gasteiger partial charge in [0.25, 0.3) is 0 Å². The highest BCUT2D eigenvalue weighted by Gasteiger charge is 2.37. The predicted molar refractivity (Wildman–Crippen MR) is 76.9 cm³/mol. The molecule has 2 heterocycles. The third-order valence-electron chi connectivity index (χ3n) is 3.82. The van der Waals surface area contributed by atoms with E-state index < -0.39 is 0 Å². The fourth-order valence-electron chi connectivity index (χ4n) is 2.46. The fourth-order valence-corrected chi connectivity index (χ4v) is 3.40. The number of fused-ring (bicyclic) bond motifs is 1. The lowest BCUT2D eigenvalue weighted by atomic mass is 9.77. The Bertz CT molecular complexity index is 706. The summed E-state index contributed by atoms with van der Waals surface area (Å²) in [5.74, 6) is 0.896. The van der Waals surface area contributed by atoms with Gasteiger partial charge in [-0.15, -0.1) is 11.3 Å². The highest BCUT2D eigenvalue weighted by Crippen LogP contribution is 2.38. The standard InChI is InChI=1S/C14H14N4S/c15-14(6-3-7-14)13-16-8-10(18-13)12-17-9-4-1-2-5-11(9)19-12/h1-2,4-5,8H,3,6-7,15H2,(H,16,18). The number of hydrogen-bond acceptors (Lipinski definition) is 4. The minimum Gasteiger partial charge on any atom is -0.338 e. The Morgan fingerprint density at radius 1 is 1.26 bits per heavy atom. The fraction of sp³-hybridized carbons (Fsp3) is 0.286. The summed E-state index contributed by atoms with van der Waals surface area (Å²) in [7, 11) is 0. The smallest absolute Gasteiger partial charge is 0.142 e. The zero-order valence-electron chi connectivity index (χ0n) is 10.4. The Kier molecular flexibility index (Phi) is 2.28. The Hall–Kier alpha value is -1.72. The number of thiazole rings is 1. The van der Waals surface area contributed by atoms with Crippen molar-refractivity contribution in [1.82, 2.24) is 15.0 Å². The van der Waals surface area contributed by atoms with Crippen molar-refractivity contribution in [3.05, 3.63) is 36.3 Å². The van der Waals surface area contributed by atoms with E-state index in [1.54, 1.807) is 11.3 Å². The second-order valence-electron chi connectivity index (χ2n) is 5.14. The molecular weight excluding hydrogens is 256 g/mol. The molecule has 1 aliphatic carbocycles. The van der Waals surface area contributed by atoms with Crippen molar-refractivity contribution < 1.29 is 0 Å². The van der Waals surface area contributed by atoms with Gasteiger partial charge >= 0.3 is 0 Å².